The molecule has 7 heteroatoms. The molecular formula is C14H19N3O4. The van der Waals surface area contributed by atoms with E-state index in [1.54, 1.807) is 45.3 Å². The number of rotatable bonds is 2. The van der Waals surface area contributed by atoms with Crippen LogP contribution in [0.25, 0.3) is 0 Å². The van der Waals surface area contributed by atoms with Gasteiger partial charge in [0.2, 0.25) is 0 Å². The third-order valence-corrected chi connectivity index (χ3v) is 3.23. The van der Waals surface area contributed by atoms with Crippen LogP contribution in [0.15, 0.2) is 24.5 Å². The van der Waals surface area contributed by atoms with Gasteiger partial charge in [0.1, 0.15) is 0 Å². The maximum absolute atomic E-state index is 12.2. The molecule has 0 saturated carbocycles. The van der Waals surface area contributed by atoms with Crippen molar-refractivity contribution >= 4 is 17.7 Å². The van der Waals surface area contributed by atoms with Crippen LogP contribution >= 0.6 is 0 Å². The second kappa shape index (κ2) is 5.79. The molecule has 2 heterocycles. The molecule has 0 aromatic carbocycles. The number of quaternary nitrogens is 1. The van der Waals surface area contributed by atoms with E-state index in [1.165, 1.54) is 4.90 Å². The smallest absolute Gasteiger partial charge is 0.515 e. The lowest BCUT2D eigenvalue weighted by Gasteiger charge is -2.31. The first-order valence-electron chi connectivity index (χ1n) is 6.77. The first kappa shape index (κ1) is 15.4. The van der Waals surface area contributed by atoms with Gasteiger partial charge in [0.15, 0.2) is 6.10 Å². The van der Waals surface area contributed by atoms with Crippen molar-refractivity contribution in [3.63, 3.8) is 0 Å². The number of hydrogen-bond acceptors (Lipinski definition) is 5. The van der Waals surface area contributed by atoms with E-state index in [9.17, 15) is 14.8 Å². The summed E-state index contributed by atoms with van der Waals surface area (Å²) in [5, 5.41) is 11.2. The number of carbonyl (C=O) groups excluding carboxylic acids is 2. The first-order chi connectivity index (χ1) is 9.80. The fraction of sp³-hybridized carbons (Fsp3) is 0.500. The van der Waals surface area contributed by atoms with Gasteiger partial charge in [-0.1, -0.05) is 0 Å². The third-order valence-electron chi connectivity index (χ3n) is 3.23. The van der Waals surface area contributed by atoms with Crippen molar-refractivity contribution < 1.29 is 19.4 Å². The highest BCUT2D eigenvalue weighted by molar-refractivity contribution is 5.99. The van der Waals surface area contributed by atoms with E-state index in [-0.39, 0.29) is 5.91 Å². The lowest BCUT2D eigenvalue weighted by molar-refractivity contribution is -0.823. The first-order valence-corrected chi connectivity index (χ1v) is 6.77. The van der Waals surface area contributed by atoms with E-state index in [1.807, 2.05) is 0 Å². The number of ether oxygens (including phenoxy) is 1. The molecule has 2 unspecified atom stereocenters. The third kappa shape index (κ3) is 3.37. The molecular weight excluding hydrogens is 274 g/mol. The highest BCUT2D eigenvalue weighted by atomic mass is 16.6. The maximum atomic E-state index is 12.2. The molecule has 2 rings (SSSR count). The zero-order valence-corrected chi connectivity index (χ0v) is 12.3. The second-order valence-electron chi connectivity index (χ2n) is 5.96. The summed E-state index contributed by atoms with van der Waals surface area (Å²) in [6, 6.07) is 3.49. The zero-order valence-electron chi connectivity index (χ0n) is 12.3. The number of anilines is 1. The van der Waals surface area contributed by atoms with Gasteiger partial charge < -0.3 is 14.8 Å². The number of hydrogen-bond donors (Lipinski definition) is 1. The fourth-order valence-electron chi connectivity index (χ4n) is 2.02. The Hall–Kier alpha value is -1.99. The van der Waals surface area contributed by atoms with Crippen LogP contribution in [0.4, 0.5) is 10.5 Å². The SMILES string of the molecule is CC(C)(C)[NH+]([O-])C(=O)OC1CCN(c2cccnc2)C1=O. The molecule has 1 saturated heterocycles. The number of amides is 2. The summed E-state index contributed by atoms with van der Waals surface area (Å²) in [6.07, 6.45) is 1.71. The van der Waals surface area contributed by atoms with E-state index in [2.05, 4.69) is 4.98 Å². The van der Waals surface area contributed by atoms with Crippen LogP contribution in [0.5, 0.6) is 0 Å². The van der Waals surface area contributed by atoms with Crippen LogP contribution in [-0.2, 0) is 9.53 Å². The molecule has 0 aliphatic carbocycles. The molecule has 1 aliphatic heterocycles. The second-order valence-corrected chi connectivity index (χ2v) is 5.96. The largest absolute Gasteiger partial charge is 0.624 e. The molecule has 1 aromatic heterocycles. The van der Waals surface area contributed by atoms with Gasteiger partial charge in [0.25, 0.3) is 5.91 Å². The molecule has 1 aromatic rings. The minimum atomic E-state index is -0.950. The summed E-state index contributed by atoms with van der Waals surface area (Å²) in [7, 11) is 0. The molecule has 1 aliphatic rings. The number of carbonyl (C=O) groups is 2. The van der Waals surface area contributed by atoms with E-state index in [0.29, 0.717) is 18.7 Å². The number of pyridine rings is 1. The van der Waals surface area contributed by atoms with Crippen molar-refractivity contribution in [2.45, 2.75) is 38.8 Å². The number of hydroxylamine groups is 2. The van der Waals surface area contributed by atoms with Crippen LogP contribution in [0, 0.1) is 5.21 Å². The minimum Gasteiger partial charge on any atom is -0.624 e. The maximum Gasteiger partial charge on any atom is 0.515 e. The summed E-state index contributed by atoms with van der Waals surface area (Å²) in [5.74, 6) is -0.321. The molecule has 0 bridgehead atoms. The molecule has 1 fully saturated rings. The highest BCUT2D eigenvalue weighted by Gasteiger charge is 2.38. The van der Waals surface area contributed by atoms with Gasteiger partial charge in [-0.25, -0.2) is 0 Å². The van der Waals surface area contributed by atoms with Crippen molar-refractivity contribution in [2.75, 3.05) is 11.4 Å². The van der Waals surface area contributed by atoms with Gasteiger partial charge >= 0.3 is 6.09 Å². The van der Waals surface area contributed by atoms with Gasteiger partial charge in [-0.3, -0.25) is 14.8 Å². The van der Waals surface area contributed by atoms with Crippen molar-refractivity contribution in [3.8, 4) is 0 Å². The van der Waals surface area contributed by atoms with Gasteiger partial charge in [-0.15, -0.1) is 0 Å². The monoisotopic (exact) mass is 293 g/mol. The summed E-state index contributed by atoms with van der Waals surface area (Å²) >= 11 is 0. The summed E-state index contributed by atoms with van der Waals surface area (Å²) < 4.78 is 5.06. The Balaban J connectivity index is 2.01. The molecule has 0 spiro atoms. The lowest BCUT2D eigenvalue weighted by atomic mass is 10.1. The van der Waals surface area contributed by atoms with Crippen molar-refractivity contribution in [2.24, 2.45) is 0 Å². The zero-order chi connectivity index (χ0) is 15.6. The molecule has 0 radical (unpaired) electrons. The molecule has 2 atom stereocenters. The Kier molecular flexibility index (Phi) is 4.24. The van der Waals surface area contributed by atoms with Gasteiger partial charge in [-0.05, 0) is 32.9 Å². The highest BCUT2D eigenvalue weighted by Crippen LogP contribution is 2.22. The fourth-order valence-corrected chi connectivity index (χ4v) is 2.02. The Morgan fingerprint density at radius 3 is 2.81 bits per heavy atom. The summed E-state index contributed by atoms with van der Waals surface area (Å²) in [4.78, 5) is 29.5. The summed E-state index contributed by atoms with van der Waals surface area (Å²) in [6.45, 7) is 5.34. The van der Waals surface area contributed by atoms with Crippen LogP contribution in [0.3, 0.4) is 0 Å². The minimum absolute atomic E-state index is 0.321. The quantitative estimate of drug-likeness (QED) is 0.803. The molecule has 21 heavy (non-hydrogen) atoms. The van der Waals surface area contributed by atoms with Crippen molar-refractivity contribution in [1.82, 2.24) is 4.98 Å². The Morgan fingerprint density at radius 2 is 2.24 bits per heavy atom. The van der Waals surface area contributed by atoms with Crippen molar-refractivity contribution in [1.29, 1.82) is 0 Å². The van der Waals surface area contributed by atoms with Gasteiger partial charge in [0.05, 0.1) is 17.4 Å². The summed E-state index contributed by atoms with van der Waals surface area (Å²) in [5.41, 5.74) is -0.162. The van der Waals surface area contributed by atoms with Gasteiger partial charge in [-0.2, -0.15) is 4.79 Å². The van der Waals surface area contributed by atoms with Crippen LogP contribution < -0.4 is 9.96 Å². The van der Waals surface area contributed by atoms with E-state index >= 15 is 0 Å². The van der Waals surface area contributed by atoms with E-state index < -0.39 is 22.8 Å². The average Bonchev–Trinajstić information content (AvgIpc) is 2.79. The molecule has 1 N–H and O–H groups in total. The molecule has 2 amide bonds. The van der Waals surface area contributed by atoms with Crippen LogP contribution in [0.1, 0.15) is 27.2 Å². The molecule has 7 nitrogen and oxygen atoms in total. The topological polar surface area (TPSA) is 87.0 Å². The van der Waals surface area contributed by atoms with Crippen molar-refractivity contribution in [3.05, 3.63) is 29.7 Å². The number of alkyl carbamates (subject to hydrolysis) is 1. The number of nitrogens with one attached hydrogen (secondary N) is 1. The number of aromatic nitrogens is 1. The Bertz CT molecular complexity index is 527. The Labute approximate surface area is 123 Å². The Morgan fingerprint density at radius 1 is 1.52 bits per heavy atom. The predicted molar refractivity (Wildman–Crippen MR) is 75.6 cm³/mol. The molecule has 114 valence electrons. The standard InChI is InChI=1S/C14H19N3O4/c1-14(2,3)17(20)13(19)21-11-6-8-16(12(11)18)10-5-4-7-15-9-10/h4-5,7,9,11,17H,6,8H2,1-3H3. The number of nitrogens with zero attached hydrogens (tertiary/aromatic N) is 2. The van der Waals surface area contributed by atoms with Crippen LogP contribution in [-0.4, -0.2) is 35.2 Å². The van der Waals surface area contributed by atoms with E-state index in [0.717, 1.165) is 0 Å². The average molecular weight is 293 g/mol. The normalized spacial score (nSPS) is 20.5. The van der Waals surface area contributed by atoms with E-state index in [4.69, 9.17) is 4.74 Å². The lowest BCUT2D eigenvalue weighted by Crippen LogP contribution is -3.17. The van der Waals surface area contributed by atoms with Gasteiger partial charge in [0, 0.05) is 19.2 Å². The van der Waals surface area contributed by atoms with Crippen LogP contribution in [0.2, 0.25) is 0 Å². The predicted octanol–water partition coefficient (Wildman–Crippen LogP) is 0.505.